The molecule has 124 valence electrons. The molecule has 0 aliphatic heterocycles. The van der Waals surface area contributed by atoms with Crippen molar-refractivity contribution in [1.82, 2.24) is 14.5 Å². The van der Waals surface area contributed by atoms with Crippen LogP contribution in [0.4, 0.5) is 5.95 Å². The smallest absolute Gasteiger partial charge is 0.252 e. The van der Waals surface area contributed by atoms with E-state index >= 15 is 0 Å². The molecule has 7 nitrogen and oxygen atoms in total. The third-order valence-electron chi connectivity index (χ3n) is 4.20. The maximum absolute atomic E-state index is 12.0. The highest BCUT2D eigenvalue weighted by molar-refractivity contribution is 5.75. The van der Waals surface area contributed by atoms with Crippen LogP contribution in [0.2, 0.25) is 0 Å². The zero-order valence-electron chi connectivity index (χ0n) is 13.1. The zero-order chi connectivity index (χ0) is 16.4. The van der Waals surface area contributed by atoms with E-state index in [1.807, 2.05) is 0 Å². The molecule has 0 amide bonds. The standard InChI is InChI=1S/C16H22N4O3/c1-10(21)9-20-14(23)7-2-11-8-17-16(19-15(11)20)18-12-3-5-13(22)6-4-12/h2,7-8,10,12-13,21-22H,3-6,9H2,1H3,(H,17,18,19). The van der Waals surface area contributed by atoms with E-state index in [0.29, 0.717) is 11.6 Å². The van der Waals surface area contributed by atoms with E-state index in [9.17, 15) is 15.0 Å². The van der Waals surface area contributed by atoms with E-state index in [4.69, 9.17) is 0 Å². The fraction of sp³-hybridized carbons (Fsp3) is 0.562. The van der Waals surface area contributed by atoms with Crippen molar-refractivity contribution in [3.05, 3.63) is 28.7 Å². The highest BCUT2D eigenvalue weighted by Crippen LogP contribution is 2.21. The molecule has 1 fully saturated rings. The molecule has 7 heteroatoms. The molecule has 0 aromatic carbocycles. The van der Waals surface area contributed by atoms with E-state index in [1.54, 1.807) is 19.2 Å². The number of hydrogen-bond acceptors (Lipinski definition) is 6. The number of anilines is 1. The topological polar surface area (TPSA) is 100 Å². The summed E-state index contributed by atoms with van der Waals surface area (Å²) >= 11 is 0. The number of aromatic nitrogens is 3. The Morgan fingerprint density at radius 1 is 1.35 bits per heavy atom. The first-order valence-corrected chi connectivity index (χ1v) is 8.02. The van der Waals surface area contributed by atoms with Crippen LogP contribution in [-0.2, 0) is 6.54 Å². The van der Waals surface area contributed by atoms with Crippen molar-refractivity contribution in [3.63, 3.8) is 0 Å². The van der Waals surface area contributed by atoms with Crippen molar-refractivity contribution in [3.8, 4) is 0 Å². The van der Waals surface area contributed by atoms with E-state index in [2.05, 4.69) is 15.3 Å². The van der Waals surface area contributed by atoms with Gasteiger partial charge in [0.1, 0.15) is 5.65 Å². The third-order valence-corrected chi connectivity index (χ3v) is 4.20. The van der Waals surface area contributed by atoms with Crippen LogP contribution >= 0.6 is 0 Å². The van der Waals surface area contributed by atoms with Gasteiger partial charge in [0.25, 0.3) is 5.56 Å². The van der Waals surface area contributed by atoms with Crippen LogP contribution in [0.15, 0.2) is 23.1 Å². The number of fused-ring (bicyclic) bond motifs is 1. The quantitative estimate of drug-likeness (QED) is 0.774. The van der Waals surface area contributed by atoms with Crippen LogP contribution < -0.4 is 10.9 Å². The van der Waals surface area contributed by atoms with Crippen LogP contribution in [0.5, 0.6) is 0 Å². The number of aliphatic hydroxyl groups excluding tert-OH is 2. The molecule has 23 heavy (non-hydrogen) atoms. The lowest BCUT2D eigenvalue weighted by atomic mass is 9.93. The Kier molecular flexibility index (Phi) is 4.58. The lowest BCUT2D eigenvalue weighted by Crippen LogP contribution is -2.29. The molecule has 1 atom stereocenters. The molecule has 2 aromatic rings. The Morgan fingerprint density at radius 3 is 2.78 bits per heavy atom. The fourth-order valence-electron chi connectivity index (χ4n) is 2.98. The average Bonchev–Trinajstić information content (AvgIpc) is 2.52. The van der Waals surface area contributed by atoms with Crippen molar-refractivity contribution in [2.24, 2.45) is 0 Å². The van der Waals surface area contributed by atoms with Crippen LogP contribution in [-0.4, -0.2) is 43.0 Å². The lowest BCUT2D eigenvalue weighted by molar-refractivity contribution is 0.126. The van der Waals surface area contributed by atoms with Crippen molar-refractivity contribution in [1.29, 1.82) is 0 Å². The molecular formula is C16H22N4O3. The van der Waals surface area contributed by atoms with Crippen molar-refractivity contribution in [2.45, 2.75) is 57.4 Å². The Labute approximate surface area is 134 Å². The third kappa shape index (κ3) is 3.68. The molecule has 0 bridgehead atoms. The Hall–Kier alpha value is -1.99. The summed E-state index contributed by atoms with van der Waals surface area (Å²) in [4.78, 5) is 20.8. The van der Waals surface area contributed by atoms with Gasteiger partial charge in [0.05, 0.1) is 18.8 Å². The summed E-state index contributed by atoms with van der Waals surface area (Å²) in [7, 11) is 0. The normalized spacial score (nSPS) is 22.9. The number of nitrogens with one attached hydrogen (secondary N) is 1. The first-order valence-electron chi connectivity index (χ1n) is 8.02. The van der Waals surface area contributed by atoms with Gasteiger partial charge in [0.2, 0.25) is 5.95 Å². The van der Waals surface area contributed by atoms with Crippen molar-refractivity contribution in [2.75, 3.05) is 5.32 Å². The van der Waals surface area contributed by atoms with E-state index < -0.39 is 6.10 Å². The number of hydrogen-bond donors (Lipinski definition) is 3. The largest absolute Gasteiger partial charge is 0.393 e. The minimum atomic E-state index is -0.635. The van der Waals surface area contributed by atoms with E-state index in [-0.39, 0.29) is 24.2 Å². The molecule has 2 aromatic heterocycles. The molecule has 1 aliphatic rings. The second-order valence-electron chi connectivity index (χ2n) is 6.25. The molecule has 2 heterocycles. The van der Waals surface area contributed by atoms with Crippen molar-refractivity contribution < 1.29 is 10.2 Å². The SMILES string of the molecule is CC(O)Cn1c(=O)ccc2cnc(NC3CCC(O)CC3)nc21. The summed E-state index contributed by atoms with van der Waals surface area (Å²) in [6.45, 7) is 1.83. The van der Waals surface area contributed by atoms with Gasteiger partial charge in [-0.3, -0.25) is 9.36 Å². The van der Waals surface area contributed by atoms with Gasteiger partial charge < -0.3 is 15.5 Å². The first-order chi connectivity index (χ1) is 11.0. The summed E-state index contributed by atoms with van der Waals surface area (Å²) in [5.74, 6) is 0.476. The van der Waals surface area contributed by atoms with Crippen LogP contribution in [0.1, 0.15) is 32.6 Å². The zero-order valence-corrected chi connectivity index (χ0v) is 13.1. The van der Waals surface area contributed by atoms with Crippen molar-refractivity contribution >= 4 is 17.0 Å². The minimum absolute atomic E-state index is 0.191. The van der Waals surface area contributed by atoms with Gasteiger partial charge in [-0.1, -0.05) is 0 Å². The predicted octanol–water partition coefficient (Wildman–Crippen LogP) is 0.888. The highest BCUT2D eigenvalue weighted by Gasteiger charge is 2.20. The fourth-order valence-corrected chi connectivity index (χ4v) is 2.98. The number of pyridine rings is 1. The molecule has 0 radical (unpaired) electrons. The summed E-state index contributed by atoms with van der Waals surface area (Å²) in [5, 5.41) is 23.2. The number of nitrogens with zero attached hydrogens (tertiary/aromatic N) is 3. The van der Waals surface area contributed by atoms with Gasteiger partial charge in [-0.25, -0.2) is 4.98 Å². The molecule has 1 saturated carbocycles. The van der Waals surface area contributed by atoms with Gasteiger partial charge in [0, 0.05) is 23.7 Å². The predicted molar refractivity (Wildman–Crippen MR) is 87.4 cm³/mol. The number of aliphatic hydroxyl groups is 2. The Balaban J connectivity index is 1.89. The van der Waals surface area contributed by atoms with E-state index in [1.165, 1.54) is 10.6 Å². The maximum atomic E-state index is 12.0. The summed E-state index contributed by atoms with van der Waals surface area (Å²) < 4.78 is 1.47. The summed E-state index contributed by atoms with van der Waals surface area (Å²) in [6.07, 6.45) is 4.14. The molecule has 0 spiro atoms. The minimum Gasteiger partial charge on any atom is -0.393 e. The summed E-state index contributed by atoms with van der Waals surface area (Å²) in [6, 6.07) is 3.39. The molecule has 1 unspecified atom stereocenters. The monoisotopic (exact) mass is 318 g/mol. The average molecular weight is 318 g/mol. The molecule has 3 N–H and O–H groups in total. The van der Waals surface area contributed by atoms with Gasteiger partial charge in [-0.05, 0) is 38.7 Å². The number of rotatable bonds is 4. The van der Waals surface area contributed by atoms with E-state index in [0.717, 1.165) is 31.1 Å². The van der Waals surface area contributed by atoms with Gasteiger partial charge in [-0.15, -0.1) is 0 Å². The molecule has 3 rings (SSSR count). The maximum Gasteiger partial charge on any atom is 0.252 e. The Morgan fingerprint density at radius 2 is 2.09 bits per heavy atom. The van der Waals surface area contributed by atoms with Gasteiger partial charge in [0.15, 0.2) is 0 Å². The first kappa shape index (κ1) is 15.9. The second-order valence-corrected chi connectivity index (χ2v) is 6.25. The highest BCUT2D eigenvalue weighted by atomic mass is 16.3. The van der Waals surface area contributed by atoms with Gasteiger partial charge >= 0.3 is 0 Å². The molecule has 1 aliphatic carbocycles. The molecule has 0 saturated heterocycles. The molecular weight excluding hydrogens is 296 g/mol. The van der Waals surface area contributed by atoms with Crippen LogP contribution in [0.3, 0.4) is 0 Å². The van der Waals surface area contributed by atoms with Crippen LogP contribution in [0, 0.1) is 0 Å². The Bertz CT molecular complexity index is 736. The van der Waals surface area contributed by atoms with Gasteiger partial charge in [-0.2, -0.15) is 4.98 Å². The second kappa shape index (κ2) is 6.64. The van der Waals surface area contributed by atoms with Crippen LogP contribution in [0.25, 0.3) is 11.0 Å². The summed E-state index contributed by atoms with van der Waals surface area (Å²) in [5.41, 5.74) is 0.329. The lowest BCUT2D eigenvalue weighted by Gasteiger charge is -2.26.